The van der Waals surface area contributed by atoms with E-state index in [9.17, 15) is 14.4 Å². The zero-order valence-corrected chi connectivity index (χ0v) is 18.7. The summed E-state index contributed by atoms with van der Waals surface area (Å²) < 4.78 is 4.24. The first-order valence-corrected chi connectivity index (χ1v) is 10.4. The van der Waals surface area contributed by atoms with Crippen molar-refractivity contribution in [3.05, 3.63) is 91.2 Å². The highest BCUT2D eigenvalue weighted by atomic mass is 35.5. The number of benzene rings is 2. The van der Waals surface area contributed by atoms with E-state index < -0.39 is 17.0 Å². The molecular formula is C23H22ClN5O3. The van der Waals surface area contributed by atoms with Crippen molar-refractivity contribution in [1.82, 2.24) is 18.9 Å². The summed E-state index contributed by atoms with van der Waals surface area (Å²) in [6.45, 7) is 3.52. The largest absolute Gasteiger partial charge is 0.321 e. The van der Waals surface area contributed by atoms with Crippen LogP contribution in [0.1, 0.15) is 17.0 Å². The summed E-state index contributed by atoms with van der Waals surface area (Å²) in [4.78, 5) is 38.8. The van der Waals surface area contributed by atoms with Crippen molar-refractivity contribution in [3.63, 3.8) is 0 Å². The Balaban J connectivity index is 1.78. The van der Waals surface area contributed by atoms with Gasteiger partial charge < -0.3 is 5.32 Å². The number of rotatable bonds is 5. The first-order valence-electron chi connectivity index (χ1n) is 10.0. The number of nitrogens with zero attached hydrogens (tertiary/aromatic N) is 4. The number of fused-ring (bicyclic) bond motifs is 1. The van der Waals surface area contributed by atoms with Crippen LogP contribution in [-0.2, 0) is 24.9 Å². The molecule has 0 unspecified atom stereocenters. The van der Waals surface area contributed by atoms with Gasteiger partial charge in [0, 0.05) is 12.1 Å². The van der Waals surface area contributed by atoms with Gasteiger partial charge in [-0.2, -0.15) is 5.10 Å². The Labute approximate surface area is 188 Å². The molecule has 0 aliphatic rings. The van der Waals surface area contributed by atoms with Crippen molar-refractivity contribution in [2.45, 2.75) is 26.9 Å². The number of hydrogen-bond acceptors (Lipinski definition) is 4. The monoisotopic (exact) mass is 451 g/mol. The van der Waals surface area contributed by atoms with E-state index in [0.717, 1.165) is 11.3 Å². The molecule has 8 nitrogen and oxygen atoms in total. The maximum atomic E-state index is 13.0. The van der Waals surface area contributed by atoms with Gasteiger partial charge >= 0.3 is 11.1 Å². The fourth-order valence-electron chi connectivity index (χ4n) is 3.75. The van der Waals surface area contributed by atoms with Gasteiger partial charge in [-0.25, -0.2) is 0 Å². The average molecular weight is 452 g/mol. The maximum Gasteiger partial charge on any atom is 0.317 e. The fourth-order valence-corrected chi connectivity index (χ4v) is 3.91. The number of carbonyl (C=O) groups excluding carboxylic acids is 1. The summed E-state index contributed by atoms with van der Waals surface area (Å²) in [5.74, 6) is -0.437. The SMILES string of the molecule is Cc1nn(C)c(C)c1NC(=O)Cn1c(=O)c(=O)n(Cc2ccccc2)c2ccc(Cl)cc21. The predicted molar refractivity (Wildman–Crippen MR) is 124 cm³/mol. The van der Waals surface area contributed by atoms with Crippen molar-refractivity contribution in [2.75, 3.05) is 5.32 Å². The van der Waals surface area contributed by atoms with Crippen molar-refractivity contribution < 1.29 is 4.79 Å². The lowest BCUT2D eigenvalue weighted by atomic mass is 10.2. The number of aromatic nitrogens is 4. The minimum absolute atomic E-state index is 0.230. The molecule has 2 aromatic heterocycles. The summed E-state index contributed by atoms with van der Waals surface area (Å²) in [5.41, 5.74) is 2.35. The fraction of sp³-hybridized carbons (Fsp3) is 0.217. The first-order chi connectivity index (χ1) is 15.3. The molecule has 0 radical (unpaired) electrons. The summed E-state index contributed by atoms with van der Waals surface area (Å²) in [6, 6.07) is 14.3. The lowest BCUT2D eigenvalue weighted by molar-refractivity contribution is -0.116. The number of halogens is 1. The number of nitrogens with one attached hydrogen (secondary N) is 1. The molecule has 1 amide bonds. The second-order valence-corrected chi connectivity index (χ2v) is 8.06. The van der Waals surface area contributed by atoms with E-state index >= 15 is 0 Å². The van der Waals surface area contributed by atoms with Gasteiger partial charge in [0.1, 0.15) is 6.54 Å². The van der Waals surface area contributed by atoms with E-state index in [1.807, 2.05) is 37.3 Å². The molecule has 0 saturated carbocycles. The van der Waals surface area contributed by atoms with Crippen LogP contribution in [0.15, 0.2) is 58.1 Å². The van der Waals surface area contributed by atoms with Crippen LogP contribution in [-0.4, -0.2) is 24.8 Å². The number of anilines is 1. The van der Waals surface area contributed by atoms with Crippen molar-refractivity contribution in [2.24, 2.45) is 7.05 Å². The minimum Gasteiger partial charge on any atom is -0.321 e. The van der Waals surface area contributed by atoms with Crippen molar-refractivity contribution >= 4 is 34.2 Å². The highest BCUT2D eigenvalue weighted by Crippen LogP contribution is 2.20. The normalized spacial score (nSPS) is 11.1. The van der Waals surface area contributed by atoms with Crippen LogP contribution >= 0.6 is 11.6 Å². The van der Waals surface area contributed by atoms with Crippen LogP contribution in [0.3, 0.4) is 0 Å². The van der Waals surface area contributed by atoms with Gasteiger partial charge in [-0.05, 0) is 37.6 Å². The molecule has 9 heteroatoms. The van der Waals surface area contributed by atoms with E-state index in [1.165, 1.54) is 9.13 Å². The molecule has 0 aliphatic carbocycles. The summed E-state index contributed by atoms with van der Waals surface area (Å²) >= 11 is 6.19. The second-order valence-electron chi connectivity index (χ2n) is 7.62. The minimum atomic E-state index is -0.787. The quantitative estimate of drug-likeness (QED) is 0.472. The third-order valence-electron chi connectivity index (χ3n) is 5.45. The molecule has 0 spiro atoms. The van der Waals surface area contributed by atoms with Gasteiger partial charge in [-0.15, -0.1) is 0 Å². The number of hydrogen-bond donors (Lipinski definition) is 1. The Morgan fingerprint density at radius 2 is 1.69 bits per heavy atom. The van der Waals surface area contributed by atoms with Gasteiger partial charge in [-0.1, -0.05) is 41.9 Å². The van der Waals surface area contributed by atoms with Gasteiger partial charge in [-0.3, -0.25) is 28.2 Å². The molecule has 4 aromatic rings. The topological polar surface area (TPSA) is 90.9 Å². The van der Waals surface area contributed by atoms with E-state index in [0.29, 0.717) is 27.4 Å². The van der Waals surface area contributed by atoms with Crippen LogP contribution < -0.4 is 16.4 Å². The van der Waals surface area contributed by atoms with Crippen LogP contribution in [0.5, 0.6) is 0 Å². The zero-order chi connectivity index (χ0) is 23.0. The van der Waals surface area contributed by atoms with Gasteiger partial charge in [0.2, 0.25) is 5.91 Å². The van der Waals surface area contributed by atoms with Crippen LogP contribution in [0, 0.1) is 13.8 Å². The summed E-state index contributed by atoms with van der Waals surface area (Å²) in [7, 11) is 1.78. The van der Waals surface area contributed by atoms with Gasteiger partial charge in [0.05, 0.1) is 34.7 Å². The molecule has 0 bridgehead atoms. The Morgan fingerprint density at radius 3 is 2.34 bits per heavy atom. The summed E-state index contributed by atoms with van der Waals surface area (Å²) in [5, 5.41) is 7.48. The lowest BCUT2D eigenvalue weighted by Crippen LogP contribution is -2.43. The smallest absolute Gasteiger partial charge is 0.317 e. The molecule has 0 saturated heterocycles. The molecule has 164 valence electrons. The molecular weight excluding hydrogens is 430 g/mol. The standard InChI is InChI=1S/C23H22ClN5O3/c1-14-21(15(2)27(3)26-14)25-20(30)13-29-19-11-17(24)9-10-18(19)28(22(31)23(29)32)12-16-7-5-4-6-8-16/h4-11H,12-13H2,1-3H3,(H,25,30). The first kappa shape index (κ1) is 21.6. The Hall–Kier alpha value is -3.65. The summed E-state index contributed by atoms with van der Waals surface area (Å²) in [6.07, 6.45) is 0. The molecule has 32 heavy (non-hydrogen) atoms. The van der Waals surface area contributed by atoms with Gasteiger partial charge in [0.25, 0.3) is 0 Å². The zero-order valence-electron chi connectivity index (χ0n) is 17.9. The van der Waals surface area contributed by atoms with Crippen molar-refractivity contribution in [3.8, 4) is 0 Å². The molecule has 0 aliphatic heterocycles. The highest BCUT2D eigenvalue weighted by Gasteiger charge is 2.18. The Morgan fingerprint density at radius 1 is 1.00 bits per heavy atom. The van der Waals surface area contributed by atoms with E-state index in [4.69, 9.17) is 11.6 Å². The molecule has 4 rings (SSSR count). The van der Waals surface area contributed by atoms with Crippen LogP contribution in [0.25, 0.3) is 11.0 Å². The van der Waals surface area contributed by atoms with Gasteiger partial charge in [0.15, 0.2) is 0 Å². The van der Waals surface area contributed by atoms with Crippen LogP contribution in [0.2, 0.25) is 5.02 Å². The number of carbonyl (C=O) groups is 1. The molecule has 1 N–H and O–H groups in total. The third kappa shape index (κ3) is 3.97. The maximum absolute atomic E-state index is 13.0. The second kappa shape index (κ2) is 8.47. The van der Waals surface area contributed by atoms with Crippen molar-refractivity contribution in [1.29, 1.82) is 0 Å². The van der Waals surface area contributed by atoms with E-state index in [-0.39, 0.29) is 13.1 Å². The number of aryl methyl sites for hydroxylation is 2. The molecule has 0 fully saturated rings. The Bertz CT molecular complexity index is 1450. The predicted octanol–water partition coefficient (Wildman–Crippen LogP) is 2.85. The molecule has 0 atom stereocenters. The Kier molecular flexibility index (Phi) is 5.71. The third-order valence-corrected chi connectivity index (χ3v) is 5.69. The lowest BCUT2D eigenvalue weighted by Gasteiger charge is -2.15. The molecule has 2 heterocycles. The van der Waals surface area contributed by atoms with Crippen LogP contribution in [0.4, 0.5) is 5.69 Å². The van der Waals surface area contributed by atoms with E-state index in [1.54, 1.807) is 36.9 Å². The number of amides is 1. The molecule has 2 aromatic carbocycles. The average Bonchev–Trinajstić information content (AvgIpc) is 3.01. The highest BCUT2D eigenvalue weighted by molar-refractivity contribution is 6.31. The van der Waals surface area contributed by atoms with E-state index in [2.05, 4.69) is 10.4 Å².